The fourth-order valence-corrected chi connectivity index (χ4v) is 1.98. The monoisotopic (exact) mass is 299 g/mol. The Balaban J connectivity index is 2.10. The SMILES string of the molecule is COC(=O)c1ccccc1COc1cccc(NC(C)=O)c1. The highest BCUT2D eigenvalue weighted by Gasteiger charge is 2.11. The summed E-state index contributed by atoms with van der Waals surface area (Å²) in [6.45, 7) is 1.68. The molecule has 2 rings (SSSR count). The molecule has 114 valence electrons. The van der Waals surface area contributed by atoms with Crippen molar-refractivity contribution in [2.75, 3.05) is 12.4 Å². The molecule has 0 unspecified atom stereocenters. The van der Waals surface area contributed by atoms with E-state index in [4.69, 9.17) is 9.47 Å². The van der Waals surface area contributed by atoms with Gasteiger partial charge in [-0.25, -0.2) is 4.79 Å². The molecule has 5 nitrogen and oxygen atoms in total. The van der Waals surface area contributed by atoms with Crippen molar-refractivity contribution in [1.29, 1.82) is 0 Å². The van der Waals surface area contributed by atoms with Crippen molar-refractivity contribution in [3.05, 3.63) is 59.7 Å². The van der Waals surface area contributed by atoms with E-state index in [1.807, 2.05) is 12.1 Å². The lowest BCUT2D eigenvalue weighted by atomic mass is 10.1. The van der Waals surface area contributed by atoms with Crippen LogP contribution in [0.3, 0.4) is 0 Å². The predicted molar refractivity (Wildman–Crippen MR) is 82.9 cm³/mol. The Bertz CT molecular complexity index is 682. The first kappa shape index (κ1) is 15.6. The molecule has 2 aromatic rings. The van der Waals surface area contributed by atoms with Crippen LogP contribution < -0.4 is 10.1 Å². The lowest BCUT2D eigenvalue weighted by molar-refractivity contribution is -0.114. The second-order valence-corrected chi connectivity index (χ2v) is 4.65. The molecular formula is C17H17NO4. The minimum atomic E-state index is -0.397. The Labute approximate surface area is 128 Å². The van der Waals surface area contributed by atoms with Crippen molar-refractivity contribution in [2.24, 2.45) is 0 Å². The Morgan fingerprint density at radius 2 is 1.86 bits per heavy atom. The topological polar surface area (TPSA) is 64.6 Å². The zero-order valence-corrected chi connectivity index (χ0v) is 12.5. The molecule has 1 N–H and O–H groups in total. The third kappa shape index (κ3) is 4.09. The van der Waals surface area contributed by atoms with Crippen LogP contribution in [0.5, 0.6) is 5.75 Å². The summed E-state index contributed by atoms with van der Waals surface area (Å²) in [7, 11) is 1.34. The number of benzene rings is 2. The number of nitrogens with one attached hydrogen (secondary N) is 1. The Morgan fingerprint density at radius 1 is 1.09 bits per heavy atom. The maximum atomic E-state index is 11.7. The van der Waals surface area contributed by atoms with Gasteiger partial charge in [0.25, 0.3) is 0 Å². The van der Waals surface area contributed by atoms with Crippen LogP contribution in [0, 0.1) is 0 Å². The molecule has 5 heteroatoms. The highest BCUT2D eigenvalue weighted by Crippen LogP contribution is 2.19. The van der Waals surface area contributed by atoms with E-state index in [-0.39, 0.29) is 12.5 Å². The average Bonchev–Trinajstić information content (AvgIpc) is 2.52. The first-order valence-electron chi connectivity index (χ1n) is 6.77. The smallest absolute Gasteiger partial charge is 0.338 e. The van der Waals surface area contributed by atoms with Crippen molar-refractivity contribution >= 4 is 17.6 Å². The second-order valence-electron chi connectivity index (χ2n) is 4.65. The van der Waals surface area contributed by atoms with Gasteiger partial charge in [-0.05, 0) is 18.2 Å². The fraction of sp³-hybridized carbons (Fsp3) is 0.176. The van der Waals surface area contributed by atoms with Crippen LogP contribution >= 0.6 is 0 Å². The van der Waals surface area contributed by atoms with Crippen molar-refractivity contribution in [3.63, 3.8) is 0 Å². The third-order valence-corrected chi connectivity index (χ3v) is 2.97. The first-order chi connectivity index (χ1) is 10.6. The highest BCUT2D eigenvalue weighted by atomic mass is 16.5. The molecule has 0 aromatic heterocycles. The van der Waals surface area contributed by atoms with Gasteiger partial charge >= 0.3 is 5.97 Å². The van der Waals surface area contributed by atoms with Crippen LogP contribution in [0.2, 0.25) is 0 Å². The summed E-state index contributed by atoms with van der Waals surface area (Å²) in [5.41, 5.74) is 1.87. The summed E-state index contributed by atoms with van der Waals surface area (Å²) >= 11 is 0. The number of rotatable bonds is 5. The zero-order chi connectivity index (χ0) is 15.9. The normalized spacial score (nSPS) is 9.91. The molecular weight excluding hydrogens is 282 g/mol. The van der Waals surface area contributed by atoms with Gasteiger partial charge < -0.3 is 14.8 Å². The van der Waals surface area contributed by atoms with Gasteiger partial charge in [0.05, 0.1) is 12.7 Å². The van der Waals surface area contributed by atoms with E-state index in [2.05, 4.69) is 5.32 Å². The minimum Gasteiger partial charge on any atom is -0.489 e. The quantitative estimate of drug-likeness (QED) is 0.862. The fourth-order valence-electron chi connectivity index (χ4n) is 1.98. The maximum absolute atomic E-state index is 11.7. The molecule has 0 aliphatic heterocycles. The summed E-state index contributed by atoms with van der Waals surface area (Å²) in [5.74, 6) is 0.0605. The molecule has 0 saturated heterocycles. The van der Waals surface area contributed by atoms with Crippen molar-refractivity contribution < 1.29 is 19.1 Å². The summed E-state index contributed by atoms with van der Waals surface area (Å²) in [5, 5.41) is 2.69. The number of anilines is 1. The second kappa shape index (κ2) is 7.26. The van der Waals surface area contributed by atoms with Crippen LogP contribution in [0.25, 0.3) is 0 Å². The van der Waals surface area contributed by atoms with Crippen molar-refractivity contribution in [3.8, 4) is 5.75 Å². The van der Waals surface area contributed by atoms with E-state index < -0.39 is 5.97 Å². The van der Waals surface area contributed by atoms with Crippen LogP contribution in [-0.2, 0) is 16.1 Å². The van der Waals surface area contributed by atoms with Crippen LogP contribution in [-0.4, -0.2) is 19.0 Å². The number of carbonyl (C=O) groups excluding carboxylic acids is 2. The van der Waals surface area contributed by atoms with E-state index in [0.29, 0.717) is 17.0 Å². The number of carbonyl (C=O) groups is 2. The average molecular weight is 299 g/mol. The standard InChI is InChI=1S/C17H17NO4/c1-12(19)18-14-7-5-8-15(10-14)22-11-13-6-3-4-9-16(13)17(20)21-2/h3-10H,11H2,1-2H3,(H,18,19). The molecule has 0 spiro atoms. The summed E-state index contributed by atoms with van der Waals surface area (Å²) in [4.78, 5) is 22.7. The first-order valence-corrected chi connectivity index (χ1v) is 6.77. The number of methoxy groups -OCH3 is 1. The summed E-state index contributed by atoms with van der Waals surface area (Å²) in [6.07, 6.45) is 0. The molecule has 0 saturated carbocycles. The lowest BCUT2D eigenvalue weighted by Gasteiger charge is -2.11. The van der Waals surface area contributed by atoms with Gasteiger partial charge in [-0.2, -0.15) is 0 Å². The van der Waals surface area contributed by atoms with Crippen molar-refractivity contribution in [2.45, 2.75) is 13.5 Å². The Kier molecular flexibility index (Phi) is 5.14. The van der Waals surface area contributed by atoms with Gasteiger partial charge in [0, 0.05) is 24.2 Å². The maximum Gasteiger partial charge on any atom is 0.338 e. The Morgan fingerprint density at radius 3 is 2.59 bits per heavy atom. The molecule has 0 radical (unpaired) electrons. The molecule has 0 heterocycles. The predicted octanol–water partition coefficient (Wildman–Crippen LogP) is 3.01. The largest absolute Gasteiger partial charge is 0.489 e. The number of hydrogen-bond donors (Lipinski definition) is 1. The minimum absolute atomic E-state index is 0.145. The number of ether oxygens (including phenoxy) is 2. The van der Waals surface area contributed by atoms with E-state index in [1.165, 1.54) is 14.0 Å². The van der Waals surface area contributed by atoms with Gasteiger partial charge in [0.2, 0.25) is 5.91 Å². The molecule has 2 aromatic carbocycles. The molecule has 22 heavy (non-hydrogen) atoms. The third-order valence-electron chi connectivity index (χ3n) is 2.97. The van der Waals surface area contributed by atoms with E-state index >= 15 is 0 Å². The number of esters is 1. The van der Waals surface area contributed by atoms with Crippen molar-refractivity contribution in [1.82, 2.24) is 0 Å². The summed E-state index contributed by atoms with van der Waals surface area (Å²) in [6, 6.07) is 14.2. The number of hydrogen-bond acceptors (Lipinski definition) is 4. The van der Waals surface area contributed by atoms with Crippen LogP contribution in [0.15, 0.2) is 48.5 Å². The summed E-state index contributed by atoms with van der Waals surface area (Å²) < 4.78 is 10.4. The lowest BCUT2D eigenvalue weighted by Crippen LogP contribution is -2.08. The van der Waals surface area contributed by atoms with E-state index in [0.717, 1.165) is 5.56 Å². The van der Waals surface area contributed by atoms with Crippen LogP contribution in [0.1, 0.15) is 22.8 Å². The zero-order valence-electron chi connectivity index (χ0n) is 12.5. The van der Waals surface area contributed by atoms with Crippen LogP contribution in [0.4, 0.5) is 5.69 Å². The molecule has 0 aliphatic carbocycles. The molecule has 0 fully saturated rings. The molecule has 0 aliphatic rings. The van der Waals surface area contributed by atoms with E-state index in [1.54, 1.807) is 36.4 Å². The molecule has 0 atom stereocenters. The molecule has 1 amide bonds. The van der Waals surface area contributed by atoms with Gasteiger partial charge in [-0.3, -0.25) is 4.79 Å². The highest BCUT2D eigenvalue weighted by molar-refractivity contribution is 5.91. The Hall–Kier alpha value is -2.82. The molecule has 0 bridgehead atoms. The van der Waals surface area contributed by atoms with Gasteiger partial charge in [0.1, 0.15) is 12.4 Å². The van der Waals surface area contributed by atoms with E-state index in [9.17, 15) is 9.59 Å². The number of amides is 1. The van der Waals surface area contributed by atoms with Gasteiger partial charge in [0.15, 0.2) is 0 Å². The van der Waals surface area contributed by atoms with Gasteiger partial charge in [-0.1, -0.05) is 24.3 Å². The van der Waals surface area contributed by atoms with Gasteiger partial charge in [-0.15, -0.1) is 0 Å².